The highest BCUT2D eigenvalue weighted by Crippen LogP contribution is 2.12. The predicted molar refractivity (Wildman–Crippen MR) is 81.1 cm³/mol. The van der Waals surface area contributed by atoms with E-state index in [1.807, 2.05) is 31.2 Å². The summed E-state index contributed by atoms with van der Waals surface area (Å²) in [6.07, 6.45) is 0.947. The fourth-order valence-corrected chi connectivity index (χ4v) is 1.89. The van der Waals surface area contributed by atoms with Crippen molar-refractivity contribution in [2.24, 2.45) is 0 Å². The lowest BCUT2D eigenvalue weighted by Crippen LogP contribution is -2.15. The van der Waals surface area contributed by atoms with Gasteiger partial charge < -0.3 is 10.5 Å². The topological polar surface area (TPSA) is 90.1 Å². The van der Waals surface area contributed by atoms with E-state index in [2.05, 4.69) is 15.3 Å². The highest BCUT2D eigenvalue weighted by molar-refractivity contribution is 5.89. The van der Waals surface area contributed by atoms with Gasteiger partial charge in [0.25, 0.3) is 0 Å². The molecule has 0 saturated heterocycles. The van der Waals surface area contributed by atoms with Crippen LogP contribution in [0.5, 0.6) is 5.88 Å². The third-order valence-corrected chi connectivity index (χ3v) is 2.88. The maximum Gasteiger partial charge on any atom is 0.232 e. The molecule has 1 heterocycles. The molecule has 0 saturated carbocycles. The Labute approximate surface area is 123 Å². The number of rotatable bonds is 5. The molecule has 0 aliphatic rings. The molecule has 3 N–H and O–H groups in total. The van der Waals surface area contributed by atoms with E-state index in [0.717, 1.165) is 11.3 Å². The lowest BCUT2D eigenvalue weighted by Gasteiger charge is -2.07. The Morgan fingerprint density at radius 1 is 1.33 bits per heavy atom. The molecular formula is C15H18N4O2. The first-order chi connectivity index (χ1) is 10.1. The summed E-state index contributed by atoms with van der Waals surface area (Å²) < 4.78 is 5.04. The summed E-state index contributed by atoms with van der Waals surface area (Å²) in [5.74, 6) is 0.531. The van der Waals surface area contributed by atoms with Gasteiger partial charge in [0.2, 0.25) is 17.7 Å². The number of nitrogens with zero attached hydrogens (tertiary/aromatic N) is 2. The summed E-state index contributed by atoms with van der Waals surface area (Å²) in [6, 6.07) is 9.19. The van der Waals surface area contributed by atoms with Crippen LogP contribution >= 0.6 is 0 Å². The van der Waals surface area contributed by atoms with Crippen LogP contribution in [0.15, 0.2) is 30.3 Å². The number of aryl methyl sites for hydroxylation is 2. The average molecular weight is 286 g/mol. The van der Waals surface area contributed by atoms with Gasteiger partial charge in [-0.3, -0.25) is 10.1 Å². The monoisotopic (exact) mass is 286 g/mol. The molecule has 6 heteroatoms. The van der Waals surface area contributed by atoms with Crippen molar-refractivity contribution in [1.82, 2.24) is 9.97 Å². The van der Waals surface area contributed by atoms with Crippen molar-refractivity contribution < 1.29 is 9.53 Å². The number of ether oxygens (including phenoxy) is 1. The first-order valence-corrected chi connectivity index (χ1v) is 6.61. The molecule has 1 aromatic heterocycles. The van der Waals surface area contributed by atoms with E-state index >= 15 is 0 Å². The summed E-state index contributed by atoms with van der Waals surface area (Å²) in [5, 5.41) is 2.67. The summed E-state index contributed by atoms with van der Waals surface area (Å²) in [7, 11) is 1.52. The van der Waals surface area contributed by atoms with Crippen LogP contribution in [0.3, 0.4) is 0 Å². The van der Waals surface area contributed by atoms with Gasteiger partial charge in [0.05, 0.1) is 7.11 Å². The van der Waals surface area contributed by atoms with Crippen LogP contribution in [0.4, 0.5) is 11.6 Å². The molecule has 0 aliphatic carbocycles. The second-order valence-electron chi connectivity index (χ2n) is 4.67. The van der Waals surface area contributed by atoms with E-state index in [1.165, 1.54) is 7.11 Å². The zero-order valence-corrected chi connectivity index (χ0v) is 12.1. The fourth-order valence-electron chi connectivity index (χ4n) is 1.89. The maximum atomic E-state index is 11.9. The fraction of sp³-hybridized carbons (Fsp3) is 0.267. The molecule has 0 unspecified atom stereocenters. The molecular weight excluding hydrogens is 268 g/mol. The molecule has 2 aromatic rings. The van der Waals surface area contributed by atoms with E-state index in [0.29, 0.717) is 24.4 Å². The van der Waals surface area contributed by atoms with Gasteiger partial charge in [0, 0.05) is 23.9 Å². The second-order valence-corrected chi connectivity index (χ2v) is 4.67. The van der Waals surface area contributed by atoms with Gasteiger partial charge in [-0.15, -0.1) is 0 Å². The number of carbonyl (C=O) groups is 1. The van der Waals surface area contributed by atoms with Crippen molar-refractivity contribution in [1.29, 1.82) is 0 Å². The van der Waals surface area contributed by atoms with Gasteiger partial charge in [-0.05, 0) is 31.0 Å². The van der Waals surface area contributed by atoms with Gasteiger partial charge in [-0.1, -0.05) is 12.1 Å². The van der Waals surface area contributed by atoms with Gasteiger partial charge in [0.15, 0.2) is 0 Å². The molecule has 0 radical (unpaired) electrons. The van der Waals surface area contributed by atoms with Crippen LogP contribution < -0.4 is 15.8 Å². The number of aromatic nitrogens is 2. The molecule has 1 aromatic carbocycles. The van der Waals surface area contributed by atoms with Gasteiger partial charge >= 0.3 is 0 Å². The number of hydrogen-bond donors (Lipinski definition) is 2. The zero-order valence-electron chi connectivity index (χ0n) is 12.1. The molecule has 0 fully saturated rings. The minimum Gasteiger partial charge on any atom is -0.481 e. The number of amides is 1. The van der Waals surface area contributed by atoms with Crippen molar-refractivity contribution in [2.45, 2.75) is 19.8 Å². The zero-order chi connectivity index (χ0) is 15.2. The Balaban J connectivity index is 1.94. The van der Waals surface area contributed by atoms with Crippen molar-refractivity contribution >= 4 is 17.5 Å². The Morgan fingerprint density at radius 3 is 2.86 bits per heavy atom. The van der Waals surface area contributed by atoms with Crippen LogP contribution in [0, 0.1) is 6.92 Å². The van der Waals surface area contributed by atoms with Crippen molar-refractivity contribution in [3.63, 3.8) is 0 Å². The lowest BCUT2D eigenvalue weighted by molar-refractivity contribution is -0.116. The molecule has 110 valence electrons. The number of nitrogens with two attached hydrogens (primary N) is 1. The third kappa shape index (κ3) is 4.45. The van der Waals surface area contributed by atoms with Crippen LogP contribution in [0.2, 0.25) is 0 Å². The van der Waals surface area contributed by atoms with E-state index in [1.54, 1.807) is 6.07 Å². The minimum atomic E-state index is -0.148. The minimum absolute atomic E-state index is 0.148. The van der Waals surface area contributed by atoms with Crippen LogP contribution in [0.1, 0.15) is 17.7 Å². The number of nitrogens with one attached hydrogen (secondary N) is 1. The first-order valence-electron chi connectivity index (χ1n) is 6.61. The van der Waals surface area contributed by atoms with Gasteiger partial charge in [-0.2, -0.15) is 4.98 Å². The van der Waals surface area contributed by atoms with Crippen LogP contribution in [0.25, 0.3) is 0 Å². The van der Waals surface area contributed by atoms with Gasteiger partial charge in [-0.25, -0.2) is 4.98 Å². The van der Waals surface area contributed by atoms with E-state index in [-0.39, 0.29) is 11.9 Å². The number of methoxy groups -OCH3 is 1. The number of benzene rings is 1. The molecule has 1 amide bonds. The summed E-state index contributed by atoms with van der Waals surface area (Å²) in [4.78, 5) is 20.1. The SMILES string of the molecule is COc1cc(C)nc(NC(=O)CCc2cccc(N)c2)n1. The largest absolute Gasteiger partial charge is 0.481 e. The molecule has 2 rings (SSSR count). The normalized spacial score (nSPS) is 10.2. The van der Waals surface area contributed by atoms with Gasteiger partial charge in [0.1, 0.15) is 0 Å². The highest BCUT2D eigenvalue weighted by atomic mass is 16.5. The number of hydrogen-bond acceptors (Lipinski definition) is 5. The maximum absolute atomic E-state index is 11.9. The lowest BCUT2D eigenvalue weighted by atomic mass is 10.1. The Morgan fingerprint density at radius 2 is 2.14 bits per heavy atom. The van der Waals surface area contributed by atoms with Crippen LogP contribution in [-0.2, 0) is 11.2 Å². The van der Waals surface area contributed by atoms with E-state index in [4.69, 9.17) is 10.5 Å². The predicted octanol–water partition coefficient (Wildman–Crippen LogP) is 1.95. The third-order valence-electron chi connectivity index (χ3n) is 2.88. The molecule has 0 atom stereocenters. The quantitative estimate of drug-likeness (QED) is 0.820. The van der Waals surface area contributed by atoms with Crippen molar-refractivity contribution in [2.75, 3.05) is 18.2 Å². The number of carbonyl (C=O) groups excluding carboxylic acids is 1. The highest BCUT2D eigenvalue weighted by Gasteiger charge is 2.07. The Kier molecular flexibility index (Phi) is 4.71. The second kappa shape index (κ2) is 6.69. The Hall–Kier alpha value is -2.63. The molecule has 6 nitrogen and oxygen atoms in total. The molecule has 0 bridgehead atoms. The van der Waals surface area contributed by atoms with Crippen molar-refractivity contribution in [3.05, 3.63) is 41.6 Å². The van der Waals surface area contributed by atoms with E-state index in [9.17, 15) is 4.79 Å². The summed E-state index contributed by atoms with van der Waals surface area (Å²) in [5.41, 5.74) is 8.15. The molecule has 21 heavy (non-hydrogen) atoms. The molecule has 0 spiro atoms. The molecule has 0 aliphatic heterocycles. The smallest absolute Gasteiger partial charge is 0.232 e. The van der Waals surface area contributed by atoms with E-state index < -0.39 is 0 Å². The Bertz CT molecular complexity index is 643. The standard InChI is InChI=1S/C15H18N4O2/c1-10-8-14(21-2)19-15(17-10)18-13(20)7-6-11-4-3-5-12(16)9-11/h3-5,8-9H,6-7,16H2,1-2H3,(H,17,18,19,20). The number of anilines is 2. The van der Waals surface area contributed by atoms with Crippen LogP contribution in [-0.4, -0.2) is 23.0 Å². The number of nitrogen functional groups attached to an aromatic ring is 1. The first kappa shape index (κ1) is 14.8. The summed E-state index contributed by atoms with van der Waals surface area (Å²) >= 11 is 0. The summed E-state index contributed by atoms with van der Waals surface area (Å²) in [6.45, 7) is 1.81. The van der Waals surface area contributed by atoms with Crippen molar-refractivity contribution in [3.8, 4) is 5.88 Å². The average Bonchev–Trinajstić information content (AvgIpc) is 2.44.